The van der Waals surface area contributed by atoms with Crippen molar-refractivity contribution < 1.29 is 18.9 Å². The SMILES string of the molecule is COC(=O)c1cc([N+](=O)[O-])c(-n2ccnc2[C@@H]2CCCC2O[Si](C)(C)C(C)(C)C)cc1C. The molecule has 8 nitrogen and oxygen atoms in total. The third-order valence-electron chi connectivity index (χ3n) is 6.89. The van der Waals surface area contributed by atoms with Crippen LogP contribution in [0.25, 0.3) is 5.69 Å². The van der Waals surface area contributed by atoms with Crippen molar-refractivity contribution in [1.82, 2.24) is 9.55 Å². The van der Waals surface area contributed by atoms with Gasteiger partial charge in [-0.25, -0.2) is 9.78 Å². The highest BCUT2D eigenvalue weighted by Gasteiger charge is 2.43. The number of esters is 1. The average molecular weight is 460 g/mol. The van der Waals surface area contributed by atoms with Gasteiger partial charge in [-0.05, 0) is 49.5 Å². The van der Waals surface area contributed by atoms with E-state index in [1.807, 2.05) is 0 Å². The van der Waals surface area contributed by atoms with Gasteiger partial charge in [0.1, 0.15) is 11.5 Å². The maximum Gasteiger partial charge on any atom is 0.338 e. The summed E-state index contributed by atoms with van der Waals surface area (Å²) in [5.41, 5.74) is 1.03. The van der Waals surface area contributed by atoms with E-state index in [1.165, 1.54) is 13.2 Å². The Morgan fingerprint density at radius 1 is 1.28 bits per heavy atom. The molecule has 1 saturated carbocycles. The number of nitro groups is 1. The van der Waals surface area contributed by atoms with E-state index < -0.39 is 19.2 Å². The van der Waals surface area contributed by atoms with E-state index in [9.17, 15) is 14.9 Å². The van der Waals surface area contributed by atoms with E-state index in [-0.39, 0.29) is 28.3 Å². The van der Waals surface area contributed by atoms with Crippen molar-refractivity contribution in [3.63, 3.8) is 0 Å². The van der Waals surface area contributed by atoms with E-state index in [4.69, 9.17) is 9.16 Å². The van der Waals surface area contributed by atoms with Crippen LogP contribution in [0.3, 0.4) is 0 Å². The molecular weight excluding hydrogens is 426 g/mol. The fourth-order valence-corrected chi connectivity index (χ4v) is 5.45. The first-order valence-corrected chi connectivity index (χ1v) is 13.9. The van der Waals surface area contributed by atoms with Gasteiger partial charge in [0.15, 0.2) is 8.32 Å². The molecule has 32 heavy (non-hydrogen) atoms. The van der Waals surface area contributed by atoms with Gasteiger partial charge in [-0.15, -0.1) is 0 Å². The summed E-state index contributed by atoms with van der Waals surface area (Å²) < 4.78 is 13.3. The minimum atomic E-state index is -1.98. The molecule has 1 aromatic carbocycles. The van der Waals surface area contributed by atoms with Crippen LogP contribution in [0.1, 0.15) is 67.7 Å². The summed E-state index contributed by atoms with van der Waals surface area (Å²) in [7, 11) is -0.718. The maximum atomic E-state index is 12.1. The van der Waals surface area contributed by atoms with Crippen LogP contribution < -0.4 is 0 Å². The lowest BCUT2D eigenvalue weighted by atomic mass is 10.0. The van der Waals surface area contributed by atoms with E-state index >= 15 is 0 Å². The largest absolute Gasteiger partial charge is 0.465 e. The number of nitro benzene ring substituents is 1. The van der Waals surface area contributed by atoms with Crippen LogP contribution in [0.4, 0.5) is 5.69 Å². The molecule has 1 fully saturated rings. The number of aryl methyl sites for hydroxylation is 1. The molecule has 0 spiro atoms. The number of nitrogens with zero attached hydrogens (tertiary/aromatic N) is 3. The molecule has 3 rings (SSSR count). The minimum absolute atomic E-state index is 0.0338. The standard InChI is InChI=1S/C23H33N3O5Si/c1-15-13-18(19(26(28)29)14-17(15)22(27)30-5)25-12-11-24-21(25)16-9-8-10-20(16)31-32(6,7)23(2,3)4/h11-14,16,20H,8-10H2,1-7H3/t16-,20?/m1/s1. The van der Waals surface area contributed by atoms with Crippen molar-refractivity contribution in [2.45, 2.75) is 77.1 Å². The van der Waals surface area contributed by atoms with Crippen LogP contribution in [-0.2, 0) is 9.16 Å². The third-order valence-corrected chi connectivity index (χ3v) is 11.4. The lowest BCUT2D eigenvalue weighted by Crippen LogP contribution is -2.44. The quantitative estimate of drug-likeness (QED) is 0.244. The predicted molar refractivity (Wildman–Crippen MR) is 125 cm³/mol. The Kier molecular flexibility index (Phi) is 6.62. The van der Waals surface area contributed by atoms with Crippen molar-refractivity contribution in [2.24, 2.45) is 0 Å². The molecule has 0 radical (unpaired) electrons. The zero-order valence-corrected chi connectivity index (χ0v) is 21.0. The van der Waals surface area contributed by atoms with Gasteiger partial charge in [0.05, 0.1) is 23.7 Å². The van der Waals surface area contributed by atoms with Gasteiger partial charge >= 0.3 is 5.97 Å². The Bertz CT molecular complexity index is 1030. The molecule has 1 aliphatic rings. The smallest absolute Gasteiger partial charge is 0.338 e. The molecule has 0 N–H and O–H groups in total. The lowest BCUT2D eigenvalue weighted by Gasteiger charge is -2.39. The number of hydrogen-bond acceptors (Lipinski definition) is 6. The van der Waals surface area contributed by atoms with Crippen LogP contribution in [0.15, 0.2) is 24.5 Å². The molecule has 1 aliphatic carbocycles. The average Bonchev–Trinajstić information content (AvgIpc) is 3.34. The Labute approximate surface area is 190 Å². The fraction of sp³-hybridized carbons (Fsp3) is 0.565. The maximum absolute atomic E-state index is 12.1. The number of carbonyl (C=O) groups excluding carboxylic acids is 1. The number of aromatic nitrogens is 2. The van der Waals surface area contributed by atoms with Gasteiger partial charge in [0.25, 0.3) is 5.69 Å². The molecule has 0 saturated heterocycles. The number of hydrogen-bond donors (Lipinski definition) is 0. The summed E-state index contributed by atoms with van der Waals surface area (Å²) in [4.78, 5) is 28.1. The van der Waals surface area contributed by atoms with E-state index in [2.05, 4.69) is 38.8 Å². The molecule has 9 heteroatoms. The normalized spacial score (nSPS) is 19.2. The summed E-state index contributed by atoms with van der Waals surface area (Å²) in [6, 6.07) is 2.95. The van der Waals surface area contributed by atoms with Gasteiger partial charge in [-0.1, -0.05) is 27.2 Å². The van der Waals surface area contributed by atoms with Crippen molar-refractivity contribution in [3.05, 3.63) is 51.6 Å². The summed E-state index contributed by atoms with van der Waals surface area (Å²) in [6.45, 7) is 12.9. The van der Waals surface area contributed by atoms with Crippen molar-refractivity contribution in [3.8, 4) is 5.69 Å². The molecular formula is C23H33N3O5Si. The highest BCUT2D eigenvalue weighted by molar-refractivity contribution is 6.74. The predicted octanol–water partition coefficient (Wildman–Crippen LogP) is 5.53. The molecule has 0 bridgehead atoms. The second-order valence-corrected chi connectivity index (χ2v) is 14.8. The number of carbonyl (C=O) groups is 1. The number of methoxy groups -OCH3 is 1. The molecule has 1 aromatic heterocycles. The molecule has 1 heterocycles. The summed E-state index contributed by atoms with van der Waals surface area (Å²) in [6.07, 6.45) is 6.35. The summed E-state index contributed by atoms with van der Waals surface area (Å²) in [5, 5.41) is 12.0. The number of benzene rings is 1. The minimum Gasteiger partial charge on any atom is -0.465 e. The van der Waals surface area contributed by atoms with Gasteiger partial charge in [-0.2, -0.15) is 0 Å². The van der Waals surface area contributed by atoms with Crippen LogP contribution >= 0.6 is 0 Å². The van der Waals surface area contributed by atoms with Crippen molar-refractivity contribution in [2.75, 3.05) is 7.11 Å². The van der Waals surface area contributed by atoms with Gasteiger partial charge in [0, 0.05) is 24.4 Å². The van der Waals surface area contributed by atoms with Crippen LogP contribution in [0.5, 0.6) is 0 Å². The molecule has 1 unspecified atom stereocenters. The fourth-order valence-electron chi connectivity index (χ4n) is 4.06. The highest BCUT2D eigenvalue weighted by atomic mass is 28.4. The first kappa shape index (κ1) is 24.1. The Balaban J connectivity index is 2.04. The highest BCUT2D eigenvalue weighted by Crippen LogP contribution is 2.44. The molecule has 0 amide bonds. The first-order valence-electron chi connectivity index (χ1n) is 11.0. The Hall–Kier alpha value is -2.52. The number of ether oxygens (including phenoxy) is 1. The van der Waals surface area contributed by atoms with E-state index in [0.717, 1.165) is 25.1 Å². The summed E-state index contributed by atoms with van der Waals surface area (Å²) in [5.74, 6) is 0.223. The van der Waals surface area contributed by atoms with E-state index in [0.29, 0.717) is 11.3 Å². The van der Waals surface area contributed by atoms with Gasteiger partial charge in [-0.3, -0.25) is 14.7 Å². The zero-order chi connectivity index (χ0) is 23.8. The second-order valence-electron chi connectivity index (χ2n) is 10.0. The Morgan fingerprint density at radius 3 is 2.56 bits per heavy atom. The summed E-state index contributed by atoms with van der Waals surface area (Å²) >= 11 is 0. The second kappa shape index (κ2) is 8.78. The molecule has 2 atom stereocenters. The molecule has 174 valence electrons. The number of imidazole rings is 1. The monoisotopic (exact) mass is 459 g/mol. The Morgan fingerprint density at radius 2 is 1.97 bits per heavy atom. The van der Waals surface area contributed by atoms with Crippen LogP contribution in [0.2, 0.25) is 18.1 Å². The topological polar surface area (TPSA) is 96.5 Å². The molecule has 2 aromatic rings. The first-order chi connectivity index (χ1) is 14.9. The lowest BCUT2D eigenvalue weighted by molar-refractivity contribution is -0.384. The number of rotatable bonds is 6. The van der Waals surface area contributed by atoms with Gasteiger partial charge in [0.2, 0.25) is 0 Å². The van der Waals surface area contributed by atoms with Crippen molar-refractivity contribution in [1.29, 1.82) is 0 Å². The van der Waals surface area contributed by atoms with Crippen molar-refractivity contribution >= 4 is 20.0 Å². The van der Waals surface area contributed by atoms with Gasteiger partial charge < -0.3 is 9.16 Å². The van der Waals surface area contributed by atoms with E-state index in [1.54, 1.807) is 30.0 Å². The van der Waals surface area contributed by atoms with Crippen LogP contribution in [-0.4, -0.2) is 42.0 Å². The van der Waals surface area contributed by atoms with Crippen LogP contribution in [0, 0.1) is 17.0 Å². The third kappa shape index (κ3) is 4.49. The zero-order valence-electron chi connectivity index (χ0n) is 20.0. The molecule has 0 aliphatic heterocycles.